The molecule has 7 heteroatoms. The van der Waals surface area contributed by atoms with E-state index < -0.39 is 5.97 Å². The van der Waals surface area contributed by atoms with E-state index in [2.05, 4.69) is 9.97 Å². The van der Waals surface area contributed by atoms with E-state index in [1.165, 1.54) is 11.8 Å². The lowest BCUT2D eigenvalue weighted by Crippen LogP contribution is -2.12. The van der Waals surface area contributed by atoms with Crippen molar-refractivity contribution in [2.75, 3.05) is 6.26 Å². The van der Waals surface area contributed by atoms with Gasteiger partial charge in [0.1, 0.15) is 17.2 Å². The fraction of sp³-hybridized carbons (Fsp3) is 0.158. The van der Waals surface area contributed by atoms with Crippen LogP contribution in [0.15, 0.2) is 52.1 Å². The monoisotopic (exact) mass is 365 g/mol. The van der Waals surface area contributed by atoms with Crippen LogP contribution in [-0.4, -0.2) is 22.2 Å². The van der Waals surface area contributed by atoms with Crippen molar-refractivity contribution in [2.45, 2.75) is 18.6 Å². The van der Waals surface area contributed by atoms with Crippen molar-refractivity contribution in [2.24, 2.45) is 0 Å². The topological polar surface area (TPSA) is 89.0 Å². The van der Waals surface area contributed by atoms with Gasteiger partial charge in [-0.2, -0.15) is 5.26 Å². The minimum Gasteiger partial charge on any atom is -0.461 e. The van der Waals surface area contributed by atoms with Crippen molar-refractivity contribution >= 4 is 17.7 Å². The number of carbonyl (C=O) groups is 1. The van der Waals surface area contributed by atoms with Crippen LogP contribution in [0.1, 0.15) is 27.2 Å². The summed E-state index contributed by atoms with van der Waals surface area (Å²) in [5.74, 6) is 0.489. The van der Waals surface area contributed by atoms with Gasteiger partial charge < -0.3 is 9.15 Å². The number of aryl methyl sites for hydroxylation is 1. The number of aromatic nitrogens is 2. The average Bonchev–Trinajstić information content (AvgIpc) is 3.20. The van der Waals surface area contributed by atoms with E-state index >= 15 is 0 Å². The number of furan rings is 1. The largest absolute Gasteiger partial charge is 0.461 e. The standard InChI is InChI=1S/C19H15N3O3S/c1-12-16(18(26-2)22-17(21-12)15-4-3-9-24-15)19(23)25-11-14-7-5-13(10-20)6-8-14/h3-9H,11H2,1-2H3. The van der Waals surface area contributed by atoms with Crippen LogP contribution in [0.25, 0.3) is 11.6 Å². The number of nitriles is 1. The third-order valence-electron chi connectivity index (χ3n) is 3.65. The van der Waals surface area contributed by atoms with E-state index in [1.54, 1.807) is 49.6 Å². The first kappa shape index (κ1) is 17.7. The molecule has 3 aromatic rings. The van der Waals surface area contributed by atoms with Gasteiger partial charge in [0.25, 0.3) is 0 Å². The van der Waals surface area contributed by atoms with E-state index in [1.807, 2.05) is 12.3 Å². The molecule has 0 unspecified atom stereocenters. The zero-order valence-electron chi connectivity index (χ0n) is 14.2. The van der Waals surface area contributed by atoms with Crippen LogP contribution >= 0.6 is 11.8 Å². The van der Waals surface area contributed by atoms with Crippen LogP contribution in [0.2, 0.25) is 0 Å². The molecular weight excluding hydrogens is 350 g/mol. The Kier molecular flexibility index (Phi) is 5.34. The zero-order chi connectivity index (χ0) is 18.5. The molecule has 0 spiro atoms. The Labute approximate surface area is 154 Å². The molecule has 0 N–H and O–H groups in total. The highest BCUT2D eigenvalue weighted by Gasteiger charge is 2.21. The summed E-state index contributed by atoms with van der Waals surface area (Å²) in [7, 11) is 0. The predicted molar refractivity (Wildman–Crippen MR) is 96.5 cm³/mol. The molecule has 0 aliphatic carbocycles. The van der Waals surface area contributed by atoms with E-state index in [9.17, 15) is 4.79 Å². The molecule has 2 heterocycles. The summed E-state index contributed by atoms with van der Waals surface area (Å²) in [6, 6.07) is 12.4. The van der Waals surface area contributed by atoms with Crippen molar-refractivity contribution in [3.63, 3.8) is 0 Å². The Morgan fingerprint density at radius 1 is 1.27 bits per heavy atom. The highest BCUT2D eigenvalue weighted by atomic mass is 32.2. The summed E-state index contributed by atoms with van der Waals surface area (Å²) < 4.78 is 10.7. The third kappa shape index (κ3) is 3.76. The number of thioether (sulfide) groups is 1. The summed E-state index contributed by atoms with van der Waals surface area (Å²) in [4.78, 5) is 21.3. The lowest BCUT2D eigenvalue weighted by atomic mass is 10.1. The minimum absolute atomic E-state index is 0.109. The molecule has 0 bridgehead atoms. The summed E-state index contributed by atoms with van der Waals surface area (Å²) in [5.41, 5.74) is 2.23. The maximum absolute atomic E-state index is 12.5. The Hall–Kier alpha value is -3.11. The Morgan fingerprint density at radius 3 is 2.65 bits per heavy atom. The van der Waals surface area contributed by atoms with Crippen LogP contribution in [0, 0.1) is 18.3 Å². The van der Waals surface area contributed by atoms with Crippen LogP contribution in [0.4, 0.5) is 0 Å². The van der Waals surface area contributed by atoms with Crippen LogP contribution < -0.4 is 0 Å². The number of carbonyl (C=O) groups excluding carboxylic acids is 1. The van der Waals surface area contributed by atoms with Crippen molar-refractivity contribution in [1.82, 2.24) is 9.97 Å². The van der Waals surface area contributed by atoms with Gasteiger partial charge in [-0.05, 0) is 43.0 Å². The highest BCUT2D eigenvalue weighted by molar-refractivity contribution is 7.98. The number of hydrogen-bond acceptors (Lipinski definition) is 7. The van der Waals surface area contributed by atoms with Gasteiger partial charge in [0.2, 0.25) is 0 Å². The second kappa shape index (κ2) is 7.85. The molecule has 0 saturated carbocycles. The highest BCUT2D eigenvalue weighted by Crippen LogP contribution is 2.26. The first-order chi connectivity index (χ1) is 12.6. The molecule has 0 amide bonds. The molecule has 0 radical (unpaired) electrons. The molecule has 0 atom stereocenters. The number of benzene rings is 1. The molecule has 0 aliphatic heterocycles. The second-order valence-corrected chi connectivity index (χ2v) is 6.17. The van der Waals surface area contributed by atoms with Gasteiger partial charge in [-0.1, -0.05) is 12.1 Å². The summed E-state index contributed by atoms with van der Waals surface area (Å²) in [5, 5.41) is 9.35. The molecule has 2 aromatic heterocycles. The fourth-order valence-electron chi connectivity index (χ4n) is 2.34. The number of rotatable bonds is 5. The number of hydrogen-bond donors (Lipinski definition) is 0. The molecule has 0 saturated heterocycles. The smallest absolute Gasteiger partial charge is 0.343 e. The van der Waals surface area contributed by atoms with Crippen molar-refractivity contribution in [3.8, 4) is 17.7 Å². The molecular formula is C19H15N3O3S. The zero-order valence-corrected chi connectivity index (χ0v) is 15.0. The third-order valence-corrected chi connectivity index (χ3v) is 4.33. The van der Waals surface area contributed by atoms with Gasteiger partial charge in [-0.25, -0.2) is 14.8 Å². The van der Waals surface area contributed by atoms with Gasteiger partial charge in [0, 0.05) is 0 Å². The first-order valence-electron chi connectivity index (χ1n) is 7.75. The van der Waals surface area contributed by atoms with Gasteiger partial charge >= 0.3 is 5.97 Å². The van der Waals surface area contributed by atoms with Crippen molar-refractivity contribution in [1.29, 1.82) is 5.26 Å². The maximum Gasteiger partial charge on any atom is 0.343 e. The first-order valence-corrected chi connectivity index (χ1v) is 8.97. The predicted octanol–water partition coefficient (Wildman–Crippen LogP) is 4.00. The summed E-state index contributed by atoms with van der Waals surface area (Å²) in [6.07, 6.45) is 3.39. The van der Waals surface area contributed by atoms with Crippen LogP contribution in [0.3, 0.4) is 0 Å². The lowest BCUT2D eigenvalue weighted by Gasteiger charge is -2.11. The minimum atomic E-state index is -0.484. The molecule has 1 aromatic carbocycles. The molecule has 0 aliphatic rings. The molecule has 26 heavy (non-hydrogen) atoms. The number of ether oxygens (including phenoxy) is 1. The fourth-order valence-corrected chi connectivity index (χ4v) is 2.95. The van der Waals surface area contributed by atoms with Gasteiger partial charge in [-0.15, -0.1) is 11.8 Å². The maximum atomic E-state index is 12.5. The van der Waals surface area contributed by atoms with Crippen molar-refractivity contribution < 1.29 is 13.9 Å². The average molecular weight is 365 g/mol. The van der Waals surface area contributed by atoms with E-state index in [4.69, 9.17) is 14.4 Å². The van der Waals surface area contributed by atoms with Crippen molar-refractivity contribution in [3.05, 3.63) is 65.0 Å². The van der Waals surface area contributed by atoms with Gasteiger partial charge in [-0.3, -0.25) is 0 Å². The molecule has 0 fully saturated rings. The van der Waals surface area contributed by atoms with E-state index in [0.29, 0.717) is 33.4 Å². The van der Waals surface area contributed by atoms with Gasteiger partial charge in [0.05, 0.1) is 23.6 Å². The van der Waals surface area contributed by atoms with E-state index in [0.717, 1.165) is 5.56 Å². The Morgan fingerprint density at radius 2 is 2.04 bits per heavy atom. The SMILES string of the molecule is CSc1nc(-c2ccco2)nc(C)c1C(=O)OCc1ccc(C#N)cc1. The molecule has 3 rings (SSSR count). The normalized spacial score (nSPS) is 10.3. The van der Waals surface area contributed by atoms with Gasteiger partial charge in [0.15, 0.2) is 11.6 Å². The molecule has 6 nitrogen and oxygen atoms in total. The van der Waals surface area contributed by atoms with Crippen LogP contribution in [-0.2, 0) is 11.3 Å². The Balaban J connectivity index is 1.81. The number of nitrogens with zero attached hydrogens (tertiary/aromatic N) is 3. The van der Waals surface area contributed by atoms with E-state index in [-0.39, 0.29) is 6.61 Å². The quantitative estimate of drug-likeness (QED) is 0.383. The molecule has 130 valence electrons. The summed E-state index contributed by atoms with van der Waals surface area (Å²) >= 11 is 1.35. The Bertz CT molecular complexity index is 961. The van der Waals surface area contributed by atoms with Crippen LogP contribution in [0.5, 0.6) is 0 Å². The summed E-state index contributed by atoms with van der Waals surface area (Å²) in [6.45, 7) is 1.85. The number of esters is 1. The lowest BCUT2D eigenvalue weighted by molar-refractivity contribution is 0.0466. The second-order valence-electron chi connectivity index (χ2n) is 5.38.